The molecule has 0 saturated heterocycles. The van der Waals surface area contributed by atoms with Gasteiger partial charge in [0.2, 0.25) is 0 Å². The van der Waals surface area contributed by atoms with Crippen LogP contribution in [-0.4, -0.2) is 35.3 Å². The van der Waals surface area contributed by atoms with Crippen molar-refractivity contribution in [3.8, 4) is 0 Å². The second-order valence-corrected chi connectivity index (χ2v) is 8.53. The first kappa shape index (κ1) is 25.9. The van der Waals surface area contributed by atoms with Crippen molar-refractivity contribution in [2.75, 3.05) is 5.32 Å². The molecule has 0 aromatic heterocycles. The summed E-state index contributed by atoms with van der Waals surface area (Å²) in [6.07, 6.45) is -8.80. The normalized spacial score (nSPS) is 17.1. The average Bonchev–Trinajstić information content (AvgIpc) is 3.02. The molecule has 1 aliphatic rings. The molecule has 35 heavy (non-hydrogen) atoms. The van der Waals surface area contributed by atoms with Crippen LogP contribution in [0.25, 0.3) is 0 Å². The maximum atomic E-state index is 13.8. The number of halogens is 3. The third kappa shape index (κ3) is 5.33. The third-order valence-electron chi connectivity index (χ3n) is 5.21. The summed E-state index contributed by atoms with van der Waals surface area (Å²) in [5, 5.41) is 3.22. The Morgan fingerprint density at radius 1 is 1.00 bits per heavy atom. The molecule has 1 atom stereocenters. The van der Waals surface area contributed by atoms with Crippen molar-refractivity contribution < 1.29 is 37.0 Å². The Labute approximate surface area is 200 Å². The highest BCUT2D eigenvalue weighted by molar-refractivity contribution is 6.07. The minimum Gasteiger partial charge on any atom is -0.446 e. The van der Waals surface area contributed by atoms with Crippen LogP contribution in [0.2, 0.25) is 0 Å². The van der Waals surface area contributed by atoms with Gasteiger partial charge in [0.25, 0.3) is 5.91 Å². The van der Waals surface area contributed by atoms with Crippen molar-refractivity contribution in [2.24, 2.45) is 0 Å². The van der Waals surface area contributed by atoms with E-state index in [0.717, 1.165) is 6.07 Å². The van der Waals surface area contributed by atoms with Crippen LogP contribution in [-0.2, 0) is 32.4 Å². The predicted octanol–water partition coefficient (Wildman–Crippen LogP) is 4.99. The summed E-state index contributed by atoms with van der Waals surface area (Å²) < 4.78 is 51.8. The number of nitrogens with zero attached hydrogens (tertiary/aromatic N) is 1. The number of para-hydroxylation sites is 1. The van der Waals surface area contributed by atoms with Crippen LogP contribution in [0.5, 0.6) is 0 Å². The first-order chi connectivity index (χ1) is 16.4. The zero-order valence-corrected chi connectivity index (χ0v) is 19.6. The van der Waals surface area contributed by atoms with Gasteiger partial charge in [-0.15, -0.1) is 0 Å². The van der Waals surface area contributed by atoms with Crippen molar-refractivity contribution in [3.05, 3.63) is 65.2 Å². The Morgan fingerprint density at radius 2 is 1.60 bits per heavy atom. The molecule has 1 heterocycles. The molecule has 0 fully saturated rings. The number of alkyl halides is 3. The van der Waals surface area contributed by atoms with Crippen LogP contribution in [0.4, 0.5) is 28.4 Å². The third-order valence-corrected chi connectivity index (χ3v) is 5.21. The van der Waals surface area contributed by atoms with Gasteiger partial charge in [-0.1, -0.05) is 36.4 Å². The number of hydrogen-bond donors (Lipinski definition) is 2. The molecule has 3 amide bonds. The number of fused-ring (bicyclic) bond motifs is 1. The number of anilines is 1. The number of nitrogens with one attached hydrogen (secondary N) is 2. The smallest absolute Gasteiger partial charge is 0.430 e. The summed E-state index contributed by atoms with van der Waals surface area (Å²) in [6.45, 7) is 6.25. The molecular formula is C24H26F3N3O5. The van der Waals surface area contributed by atoms with E-state index in [2.05, 4.69) is 10.7 Å². The van der Waals surface area contributed by atoms with E-state index in [4.69, 9.17) is 9.47 Å². The molecule has 0 bridgehead atoms. The fourth-order valence-electron chi connectivity index (χ4n) is 3.89. The number of carbonyl (C=O) groups excluding carboxylic acids is 3. The van der Waals surface area contributed by atoms with Gasteiger partial charge < -0.3 is 14.8 Å². The van der Waals surface area contributed by atoms with Crippen molar-refractivity contribution in [3.63, 3.8) is 0 Å². The van der Waals surface area contributed by atoms with Gasteiger partial charge in [0.1, 0.15) is 0 Å². The number of benzene rings is 2. The highest BCUT2D eigenvalue weighted by Gasteiger charge is 2.56. The Kier molecular flexibility index (Phi) is 7.27. The summed E-state index contributed by atoms with van der Waals surface area (Å²) in [6, 6.07) is 11.0. The highest BCUT2D eigenvalue weighted by atomic mass is 19.4. The van der Waals surface area contributed by atoms with Gasteiger partial charge in [-0.05, 0) is 45.4 Å². The van der Waals surface area contributed by atoms with Gasteiger partial charge in [-0.2, -0.15) is 18.2 Å². The number of carbonyl (C=O) groups is 3. The average molecular weight is 493 g/mol. The van der Waals surface area contributed by atoms with Gasteiger partial charge in [0.05, 0.1) is 17.8 Å². The summed E-state index contributed by atoms with van der Waals surface area (Å²) in [4.78, 5) is 39.3. The number of hydrogen-bond acceptors (Lipinski definition) is 5. The molecule has 8 nitrogen and oxygen atoms in total. The molecule has 188 valence electrons. The topological polar surface area (TPSA) is 97.0 Å². The lowest BCUT2D eigenvalue weighted by Crippen LogP contribution is -2.62. The monoisotopic (exact) mass is 493 g/mol. The molecule has 2 aromatic carbocycles. The van der Waals surface area contributed by atoms with Crippen LogP contribution in [0.1, 0.15) is 44.4 Å². The molecule has 3 rings (SSSR count). The predicted molar refractivity (Wildman–Crippen MR) is 120 cm³/mol. The largest absolute Gasteiger partial charge is 0.446 e. The van der Waals surface area contributed by atoms with Gasteiger partial charge >= 0.3 is 18.4 Å². The van der Waals surface area contributed by atoms with Crippen LogP contribution >= 0.6 is 0 Å². The summed E-state index contributed by atoms with van der Waals surface area (Å²) in [5.74, 6) is -0.818. The lowest BCUT2D eigenvalue weighted by Gasteiger charge is -2.39. The first-order valence-corrected chi connectivity index (χ1v) is 10.9. The SMILES string of the molecule is CC(C)OC(=O)NN(C(=O)OC(C)C)[C@]1(Cc2ccccc2C(F)(F)F)C(=O)Nc2ccccc21. The van der Waals surface area contributed by atoms with Crippen molar-refractivity contribution >= 4 is 23.8 Å². The number of ether oxygens (including phenoxy) is 2. The summed E-state index contributed by atoms with van der Waals surface area (Å²) in [5.41, 5.74) is -0.631. The highest BCUT2D eigenvalue weighted by Crippen LogP contribution is 2.44. The fourth-order valence-corrected chi connectivity index (χ4v) is 3.89. The zero-order valence-electron chi connectivity index (χ0n) is 19.6. The Hall–Kier alpha value is -3.76. The van der Waals surface area contributed by atoms with Gasteiger partial charge in [0.15, 0.2) is 5.54 Å². The van der Waals surface area contributed by atoms with E-state index in [1.807, 2.05) is 0 Å². The number of hydrazine groups is 1. The van der Waals surface area contributed by atoms with E-state index < -0.39 is 54.0 Å². The Morgan fingerprint density at radius 3 is 2.23 bits per heavy atom. The van der Waals surface area contributed by atoms with Gasteiger partial charge in [-0.25, -0.2) is 15.0 Å². The van der Waals surface area contributed by atoms with Crippen LogP contribution in [0.15, 0.2) is 48.5 Å². The second kappa shape index (κ2) is 9.85. The van der Waals surface area contributed by atoms with Crippen LogP contribution in [0, 0.1) is 0 Å². The molecule has 0 radical (unpaired) electrons. The van der Waals surface area contributed by atoms with E-state index in [1.165, 1.54) is 24.3 Å². The second-order valence-electron chi connectivity index (χ2n) is 8.53. The van der Waals surface area contributed by atoms with Crippen molar-refractivity contribution in [2.45, 2.75) is 58.0 Å². The Balaban J connectivity index is 2.23. The molecule has 0 unspecified atom stereocenters. The fraction of sp³-hybridized carbons (Fsp3) is 0.375. The van der Waals surface area contributed by atoms with Crippen molar-refractivity contribution in [1.29, 1.82) is 0 Å². The molecule has 0 saturated carbocycles. The van der Waals surface area contributed by atoms with E-state index in [-0.39, 0.29) is 16.8 Å². The van der Waals surface area contributed by atoms with E-state index in [0.29, 0.717) is 5.01 Å². The maximum absolute atomic E-state index is 13.8. The molecule has 2 aromatic rings. The van der Waals surface area contributed by atoms with E-state index in [1.54, 1.807) is 45.9 Å². The van der Waals surface area contributed by atoms with E-state index >= 15 is 0 Å². The van der Waals surface area contributed by atoms with Crippen LogP contribution < -0.4 is 10.7 Å². The first-order valence-electron chi connectivity index (χ1n) is 10.9. The number of rotatable bonds is 5. The molecular weight excluding hydrogens is 467 g/mol. The van der Waals surface area contributed by atoms with Crippen molar-refractivity contribution in [1.82, 2.24) is 10.4 Å². The summed E-state index contributed by atoms with van der Waals surface area (Å²) in [7, 11) is 0. The molecule has 1 aliphatic heterocycles. The minimum atomic E-state index is -4.72. The molecule has 11 heteroatoms. The number of amides is 3. The van der Waals surface area contributed by atoms with Gasteiger partial charge in [0, 0.05) is 17.7 Å². The maximum Gasteiger partial charge on any atom is 0.430 e. The molecule has 2 N–H and O–H groups in total. The standard InChI is InChI=1S/C24H26F3N3O5/c1-14(2)34-21(32)29-30(22(33)35-15(3)4)23(18-11-7-8-12-19(18)28-20(23)31)13-16-9-5-6-10-17(16)24(25,26)27/h5-12,14-15H,13H2,1-4H3,(H,28,31)(H,29,32)/t23-/m0/s1. The lowest BCUT2D eigenvalue weighted by molar-refractivity contribution is -0.139. The molecule has 0 aliphatic carbocycles. The minimum absolute atomic E-state index is 0.188. The lowest BCUT2D eigenvalue weighted by atomic mass is 9.82. The zero-order chi connectivity index (χ0) is 26.0. The van der Waals surface area contributed by atoms with Gasteiger partial charge in [-0.3, -0.25) is 4.79 Å². The quantitative estimate of drug-likeness (QED) is 0.572. The van der Waals surface area contributed by atoms with E-state index in [9.17, 15) is 27.6 Å². The Bertz CT molecular complexity index is 1120. The molecule has 0 spiro atoms. The summed E-state index contributed by atoms with van der Waals surface area (Å²) >= 11 is 0. The van der Waals surface area contributed by atoms with Crippen LogP contribution in [0.3, 0.4) is 0 Å².